The third-order valence-electron chi connectivity index (χ3n) is 5.27. The van der Waals surface area contributed by atoms with E-state index in [0.717, 1.165) is 17.5 Å². The highest BCUT2D eigenvalue weighted by Crippen LogP contribution is 2.49. The molecule has 0 radical (unpaired) electrons. The maximum atomic E-state index is 12.5. The average Bonchev–Trinajstić information content (AvgIpc) is 2.35. The molecule has 3 rings (SSSR count). The zero-order chi connectivity index (χ0) is 15.0. The van der Waals surface area contributed by atoms with Gasteiger partial charge in [0.25, 0.3) is 0 Å². The largest absolute Gasteiger partial charge is 0.296 e. The van der Waals surface area contributed by atoms with Crippen LogP contribution in [0.2, 0.25) is 0 Å². The van der Waals surface area contributed by atoms with Gasteiger partial charge in [0.1, 0.15) is 0 Å². The molecule has 2 atom stereocenters. The van der Waals surface area contributed by atoms with Crippen LogP contribution in [0.25, 0.3) is 0 Å². The Balaban J connectivity index is 1.98. The molecule has 0 bridgehead atoms. The summed E-state index contributed by atoms with van der Waals surface area (Å²) in [6.07, 6.45) is 5.20. The summed E-state index contributed by atoms with van der Waals surface area (Å²) in [6.45, 7) is 4.17. The number of aryl methyl sites for hydroxylation is 1. The lowest BCUT2D eigenvalue weighted by molar-refractivity contribution is -0.140. The molecule has 1 heterocycles. The van der Waals surface area contributed by atoms with Crippen molar-refractivity contribution in [3.63, 3.8) is 0 Å². The number of nitrogens with one attached hydrogen (secondary N) is 1. The van der Waals surface area contributed by atoms with Crippen molar-refractivity contribution in [1.29, 1.82) is 0 Å². The Morgan fingerprint density at radius 1 is 1.24 bits per heavy atom. The van der Waals surface area contributed by atoms with Crippen LogP contribution in [-0.2, 0) is 9.59 Å². The van der Waals surface area contributed by atoms with Gasteiger partial charge in [-0.3, -0.25) is 14.9 Å². The molecule has 1 N–H and O–H groups in total. The van der Waals surface area contributed by atoms with Gasteiger partial charge in [0.2, 0.25) is 11.8 Å². The molecule has 112 valence electrons. The fraction of sp³-hybridized carbons (Fsp3) is 0.556. The quantitative estimate of drug-likeness (QED) is 0.866. The van der Waals surface area contributed by atoms with Crippen LogP contribution in [-0.4, -0.2) is 11.8 Å². The molecule has 1 saturated carbocycles. The Hall–Kier alpha value is -1.64. The molecule has 2 amide bonds. The Kier molecular flexibility index (Phi) is 3.60. The monoisotopic (exact) mass is 285 g/mol. The third kappa shape index (κ3) is 2.61. The number of benzene rings is 1. The Morgan fingerprint density at radius 2 is 1.95 bits per heavy atom. The van der Waals surface area contributed by atoms with Gasteiger partial charge < -0.3 is 0 Å². The molecule has 1 saturated heterocycles. The number of imide groups is 1. The Bertz CT molecular complexity index is 576. The van der Waals surface area contributed by atoms with Crippen molar-refractivity contribution >= 4 is 11.8 Å². The third-order valence-corrected chi connectivity index (χ3v) is 5.27. The zero-order valence-corrected chi connectivity index (χ0v) is 12.8. The first-order valence-electron chi connectivity index (χ1n) is 7.89. The second-order valence-corrected chi connectivity index (χ2v) is 7.03. The average molecular weight is 285 g/mol. The zero-order valence-electron chi connectivity index (χ0n) is 12.8. The van der Waals surface area contributed by atoms with E-state index in [-0.39, 0.29) is 23.1 Å². The predicted molar refractivity (Wildman–Crippen MR) is 81.8 cm³/mol. The normalized spacial score (nSPS) is 29.9. The fourth-order valence-corrected chi connectivity index (χ4v) is 4.01. The van der Waals surface area contributed by atoms with Gasteiger partial charge in [-0.2, -0.15) is 0 Å². The summed E-state index contributed by atoms with van der Waals surface area (Å²) in [6, 6.07) is 8.06. The minimum Gasteiger partial charge on any atom is -0.296 e. The first-order chi connectivity index (χ1) is 9.99. The van der Waals surface area contributed by atoms with E-state index >= 15 is 0 Å². The molecule has 1 aromatic rings. The van der Waals surface area contributed by atoms with E-state index in [1.165, 1.54) is 19.3 Å². The molecule has 1 aliphatic carbocycles. The van der Waals surface area contributed by atoms with Gasteiger partial charge in [-0.1, -0.05) is 50.5 Å². The van der Waals surface area contributed by atoms with Gasteiger partial charge in [-0.05, 0) is 35.8 Å². The van der Waals surface area contributed by atoms with E-state index in [0.29, 0.717) is 12.3 Å². The van der Waals surface area contributed by atoms with Gasteiger partial charge >= 0.3 is 0 Å². The van der Waals surface area contributed by atoms with Gasteiger partial charge in [0.05, 0.1) is 5.92 Å². The van der Waals surface area contributed by atoms with Gasteiger partial charge in [0.15, 0.2) is 0 Å². The van der Waals surface area contributed by atoms with Crippen molar-refractivity contribution in [3.05, 3.63) is 35.4 Å². The van der Waals surface area contributed by atoms with E-state index in [1.807, 2.05) is 31.2 Å². The predicted octanol–water partition coefficient (Wildman–Crippen LogP) is 3.32. The highest BCUT2D eigenvalue weighted by molar-refractivity contribution is 6.02. The van der Waals surface area contributed by atoms with E-state index in [1.54, 1.807) is 0 Å². The lowest BCUT2D eigenvalue weighted by Gasteiger charge is -2.44. The number of amides is 2. The molecule has 2 aliphatic rings. The van der Waals surface area contributed by atoms with E-state index < -0.39 is 0 Å². The number of rotatable bonds is 3. The van der Waals surface area contributed by atoms with E-state index in [2.05, 4.69) is 12.2 Å². The Labute approximate surface area is 126 Å². The van der Waals surface area contributed by atoms with Crippen LogP contribution < -0.4 is 5.32 Å². The minimum absolute atomic E-state index is 0.119. The van der Waals surface area contributed by atoms with Crippen LogP contribution >= 0.6 is 0 Å². The second kappa shape index (κ2) is 5.28. The molecule has 3 heteroatoms. The maximum Gasteiger partial charge on any atom is 0.234 e. The molecule has 0 spiro atoms. The molecule has 1 aliphatic heterocycles. The van der Waals surface area contributed by atoms with Crippen LogP contribution in [0.5, 0.6) is 0 Å². The lowest BCUT2D eigenvalue weighted by Crippen LogP contribution is -2.50. The summed E-state index contributed by atoms with van der Waals surface area (Å²) in [7, 11) is 0. The van der Waals surface area contributed by atoms with Crippen LogP contribution in [0.1, 0.15) is 56.1 Å². The van der Waals surface area contributed by atoms with Gasteiger partial charge in [-0.25, -0.2) is 0 Å². The summed E-state index contributed by atoms with van der Waals surface area (Å²) in [4.78, 5) is 24.4. The number of carbonyl (C=O) groups excluding carboxylic acids is 2. The summed E-state index contributed by atoms with van der Waals surface area (Å²) in [5, 5.41) is 2.54. The van der Waals surface area contributed by atoms with Crippen LogP contribution in [0, 0.1) is 18.3 Å². The molecule has 21 heavy (non-hydrogen) atoms. The van der Waals surface area contributed by atoms with E-state index in [4.69, 9.17) is 0 Å². The van der Waals surface area contributed by atoms with Crippen LogP contribution in [0.15, 0.2) is 24.3 Å². The molecule has 0 aromatic heterocycles. The van der Waals surface area contributed by atoms with Crippen molar-refractivity contribution in [2.24, 2.45) is 11.3 Å². The van der Waals surface area contributed by atoms with Crippen molar-refractivity contribution in [1.82, 2.24) is 5.32 Å². The summed E-state index contributed by atoms with van der Waals surface area (Å²) in [5.74, 6) is 0.228. The van der Waals surface area contributed by atoms with Gasteiger partial charge in [-0.15, -0.1) is 0 Å². The van der Waals surface area contributed by atoms with Crippen molar-refractivity contribution in [3.8, 4) is 0 Å². The summed E-state index contributed by atoms with van der Waals surface area (Å²) in [5.41, 5.74) is 1.95. The van der Waals surface area contributed by atoms with Crippen LogP contribution in [0.4, 0.5) is 0 Å². The number of hydrogen-bond acceptors (Lipinski definition) is 2. The lowest BCUT2D eigenvalue weighted by atomic mass is 9.61. The molecule has 2 unspecified atom stereocenters. The molecule has 2 fully saturated rings. The Morgan fingerprint density at radius 3 is 2.57 bits per heavy atom. The minimum atomic E-state index is -0.253. The maximum absolute atomic E-state index is 12.5. The standard InChI is InChI=1S/C18H23NO2/c1-12-6-3-4-9-14(12)16-17(21)19-15(20)11-18(16,2)10-13-7-5-8-13/h3-4,6,9,13,16H,5,7-8,10-11H2,1-2H3,(H,19,20,21). The molecule has 1 aromatic carbocycles. The molecular weight excluding hydrogens is 262 g/mol. The highest BCUT2D eigenvalue weighted by Gasteiger charge is 2.47. The van der Waals surface area contributed by atoms with Gasteiger partial charge in [0, 0.05) is 6.42 Å². The smallest absolute Gasteiger partial charge is 0.234 e. The molecule has 3 nitrogen and oxygen atoms in total. The highest BCUT2D eigenvalue weighted by atomic mass is 16.2. The summed E-state index contributed by atoms with van der Waals surface area (Å²) < 4.78 is 0. The number of carbonyl (C=O) groups is 2. The van der Waals surface area contributed by atoms with Crippen molar-refractivity contribution in [2.45, 2.75) is 51.9 Å². The number of piperidine rings is 1. The second-order valence-electron chi connectivity index (χ2n) is 7.03. The topological polar surface area (TPSA) is 46.2 Å². The molecular formula is C18H23NO2. The first kappa shape index (κ1) is 14.3. The SMILES string of the molecule is Cc1ccccc1C1C(=O)NC(=O)CC1(C)CC1CCC1. The first-order valence-corrected chi connectivity index (χ1v) is 7.89. The van der Waals surface area contributed by atoms with E-state index in [9.17, 15) is 9.59 Å². The fourth-order valence-electron chi connectivity index (χ4n) is 4.01. The van der Waals surface area contributed by atoms with Crippen molar-refractivity contribution in [2.75, 3.05) is 0 Å². The number of hydrogen-bond donors (Lipinski definition) is 1. The van der Waals surface area contributed by atoms with Crippen molar-refractivity contribution < 1.29 is 9.59 Å². The van der Waals surface area contributed by atoms with Crippen LogP contribution in [0.3, 0.4) is 0 Å². The summed E-state index contributed by atoms with van der Waals surface area (Å²) >= 11 is 0.